The van der Waals surface area contributed by atoms with Gasteiger partial charge in [0.2, 0.25) is 0 Å². The Hall–Kier alpha value is -0.470. The molecule has 1 aromatic carbocycles. The molecule has 98 valence electrons. The average Bonchev–Trinajstić information content (AvgIpc) is 3.13. The molecule has 1 fully saturated rings. The van der Waals surface area contributed by atoms with Crippen LogP contribution in [0.25, 0.3) is 0 Å². The molecule has 1 aliphatic carbocycles. The maximum absolute atomic E-state index is 3.74. The first kappa shape index (κ1) is 12.6. The van der Waals surface area contributed by atoms with Crippen molar-refractivity contribution in [1.82, 2.24) is 5.32 Å². The highest BCUT2D eigenvalue weighted by Gasteiger charge is 2.31. The van der Waals surface area contributed by atoms with Crippen molar-refractivity contribution in [3.63, 3.8) is 0 Å². The standard InChI is InChI=1S/C16H23NS/c1-2-17-15(10-9-12-7-8-12)14-11-18-16-6-4-3-5-13(14)16/h3-6,12,14-15,17H,2,7-11H2,1H3. The van der Waals surface area contributed by atoms with Crippen molar-refractivity contribution in [2.24, 2.45) is 5.92 Å². The molecule has 2 unspecified atom stereocenters. The lowest BCUT2D eigenvalue weighted by molar-refractivity contribution is 0.417. The van der Waals surface area contributed by atoms with Gasteiger partial charge in [-0.3, -0.25) is 0 Å². The Bertz CT molecular complexity index is 400. The molecule has 3 rings (SSSR count). The van der Waals surface area contributed by atoms with E-state index in [1.54, 1.807) is 5.56 Å². The van der Waals surface area contributed by atoms with Crippen molar-refractivity contribution in [2.45, 2.75) is 49.5 Å². The summed E-state index contributed by atoms with van der Waals surface area (Å²) < 4.78 is 0. The number of thioether (sulfide) groups is 1. The Morgan fingerprint density at radius 3 is 2.94 bits per heavy atom. The van der Waals surface area contributed by atoms with Crippen LogP contribution >= 0.6 is 11.8 Å². The minimum Gasteiger partial charge on any atom is -0.314 e. The van der Waals surface area contributed by atoms with Crippen molar-refractivity contribution in [3.8, 4) is 0 Å². The molecule has 2 heteroatoms. The Morgan fingerprint density at radius 1 is 1.33 bits per heavy atom. The molecular formula is C16H23NS. The van der Waals surface area contributed by atoms with Crippen molar-refractivity contribution < 1.29 is 0 Å². The molecule has 1 nitrogen and oxygen atoms in total. The third-order valence-corrected chi connectivity index (χ3v) is 5.48. The fourth-order valence-corrected chi connectivity index (χ4v) is 4.38. The molecule has 1 N–H and O–H groups in total. The summed E-state index contributed by atoms with van der Waals surface area (Å²) in [6, 6.07) is 9.67. The number of hydrogen-bond acceptors (Lipinski definition) is 2. The lowest BCUT2D eigenvalue weighted by atomic mass is 9.90. The van der Waals surface area contributed by atoms with Crippen LogP contribution in [0.15, 0.2) is 29.2 Å². The van der Waals surface area contributed by atoms with Gasteiger partial charge in [-0.1, -0.05) is 38.0 Å². The maximum Gasteiger partial charge on any atom is 0.0144 e. The first-order chi connectivity index (χ1) is 8.88. The van der Waals surface area contributed by atoms with Gasteiger partial charge in [-0.05, 0) is 36.9 Å². The van der Waals surface area contributed by atoms with Gasteiger partial charge in [0.15, 0.2) is 0 Å². The van der Waals surface area contributed by atoms with Gasteiger partial charge in [-0.2, -0.15) is 0 Å². The number of rotatable bonds is 6. The van der Waals surface area contributed by atoms with Gasteiger partial charge in [-0.25, -0.2) is 0 Å². The molecule has 1 aliphatic heterocycles. The molecule has 0 spiro atoms. The summed E-state index contributed by atoms with van der Waals surface area (Å²) in [6.07, 6.45) is 5.75. The van der Waals surface area contributed by atoms with Crippen molar-refractivity contribution in [1.29, 1.82) is 0 Å². The van der Waals surface area contributed by atoms with E-state index in [0.29, 0.717) is 6.04 Å². The van der Waals surface area contributed by atoms with Crippen LogP contribution in [0.3, 0.4) is 0 Å². The number of hydrogen-bond donors (Lipinski definition) is 1. The second kappa shape index (κ2) is 5.66. The van der Waals surface area contributed by atoms with Crippen molar-refractivity contribution in [2.75, 3.05) is 12.3 Å². The van der Waals surface area contributed by atoms with Crippen LogP contribution in [-0.2, 0) is 0 Å². The lowest BCUT2D eigenvalue weighted by Crippen LogP contribution is -2.35. The third kappa shape index (κ3) is 2.75. The van der Waals surface area contributed by atoms with E-state index in [9.17, 15) is 0 Å². The summed E-state index contributed by atoms with van der Waals surface area (Å²) >= 11 is 2.04. The van der Waals surface area contributed by atoms with Crippen molar-refractivity contribution in [3.05, 3.63) is 29.8 Å². The summed E-state index contributed by atoms with van der Waals surface area (Å²) in [7, 11) is 0. The second-order valence-corrected chi connectivity index (χ2v) is 6.70. The highest BCUT2D eigenvalue weighted by atomic mass is 32.2. The van der Waals surface area contributed by atoms with Crippen LogP contribution in [0.5, 0.6) is 0 Å². The minimum absolute atomic E-state index is 0.687. The first-order valence-corrected chi connectivity index (χ1v) is 8.32. The summed E-state index contributed by atoms with van der Waals surface area (Å²) in [5, 5.41) is 3.74. The van der Waals surface area contributed by atoms with Gasteiger partial charge in [0.25, 0.3) is 0 Å². The molecule has 2 aliphatic rings. The van der Waals surface area contributed by atoms with Crippen molar-refractivity contribution >= 4 is 11.8 Å². The zero-order chi connectivity index (χ0) is 12.4. The van der Waals surface area contributed by atoms with Crippen LogP contribution in [-0.4, -0.2) is 18.3 Å². The number of likely N-dealkylation sites (N-methyl/N-ethyl adjacent to an activating group) is 1. The summed E-state index contributed by atoms with van der Waals surface area (Å²) in [6.45, 7) is 3.33. The Kier molecular flexibility index (Phi) is 3.95. The van der Waals surface area contributed by atoms with E-state index in [-0.39, 0.29) is 0 Å². The molecule has 1 aromatic rings. The fourth-order valence-electron chi connectivity index (χ4n) is 3.05. The van der Waals surface area contributed by atoms with Gasteiger partial charge in [-0.15, -0.1) is 11.8 Å². The molecular weight excluding hydrogens is 238 g/mol. The average molecular weight is 261 g/mol. The zero-order valence-corrected chi connectivity index (χ0v) is 12.0. The van der Waals surface area contributed by atoms with E-state index in [2.05, 4.69) is 36.5 Å². The van der Waals surface area contributed by atoms with E-state index < -0.39 is 0 Å². The number of fused-ring (bicyclic) bond motifs is 1. The van der Waals surface area contributed by atoms with E-state index in [1.165, 1.54) is 36.3 Å². The number of benzene rings is 1. The predicted molar refractivity (Wildman–Crippen MR) is 79.3 cm³/mol. The highest BCUT2D eigenvalue weighted by Crippen LogP contribution is 2.43. The minimum atomic E-state index is 0.687. The molecule has 0 saturated heterocycles. The van der Waals surface area contributed by atoms with Crippen LogP contribution in [0.2, 0.25) is 0 Å². The largest absolute Gasteiger partial charge is 0.314 e. The van der Waals surface area contributed by atoms with Gasteiger partial charge in [0, 0.05) is 22.6 Å². The van der Waals surface area contributed by atoms with Crippen LogP contribution in [0.1, 0.15) is 44.1 Å². The fraction of sp³-hybridized carbons (Fsp3) is 0.625. The number of nitrogens with one attached hydrogen (secondary N) is 1. The molecule has 18 heavy (non-hydrogen) atoms. The van der Waals surface area contributed by atoms with E-state index in [0.717, 1.165) is 18.4 Å². The van der Waals surface area contributed by atoms with E-state index >= 15 is 0 Å². The van der Waals surface area contributed by atoms with Crippen LogP contribution in [0.4, 0.5) is 0 Å². The van der Waals surface area contributed by atoms with E-state index in [4.69, 9.17) is 0 Å². The lowest BCUT2D eigenvalue weighted by Gasteiger charge is -2.25. The summed E-state index contributed by atoms with van der Waals surface area (Å²) in [5.41, 5.74) is 1.59. The van der Waals surface area contributed by atoms with Gasteiger partial charge in [0.1, 0.15) is 0 Å². The highest BCUT2D eigenvalue weighted by molar-refractivity contribution is 7.99. The Morgan fingerprint density at radius 2 is 2.17 bits per heavy atom. The second-order valence-electron chi connectivity index (χ2n) is 5.64. The SMILES string of the molecule is CCNC(CCC1CC1)C1CSc2ccccc21. The topological polar surface area (TPSA) is 12.0 Å². The molecule has 2 atom stereocenters. The Labute approximate surface area is 115 Å². The van der Waals surface area contributed by atoms with Gasteiger partial charge >= 0.3 is 0 Å². The van der Waals surface area contributed by atoms with Gasteiger partial charge < -0.3 is 5.32 Å². The summed E-state index contributed by atoms with van der Waals surface area (Å²) in [4.78, 5) is 1.51. The monoisotopic (exact) mass is 261 g/mol. The molecule has 1 heterocycles. The first-order valence-electron chi connectivity index (χ1n) is 7.33. The molecule has 1 saturated carbocycles. The normalized spacial score (nSPS) is 23.9. The van der Waals surface area contributed by atoms with E-state index in [1.807, 2.05) is 11.8 Å². The molecule has 0 bridgehead atoms. The molecule has 0 amide bonds. The van der Waals surface area contributed by atoms with Crippen LogP contribution < -0.4 is 5.32 Å². The molecule has 0 aromatic heterocycles. The quantitative estimate of drug-likeness (QED) is 0.829. The zero-order valence-electron chi connectivity index (χ0n) is 11.2. The molecule has 0 radical (unpaired) electrons. The maximum atomic E-state index is 3.74. The summed E-state index contributed by atoms with van der Waals surface area (Å²) in [5.74, 6) is 3.04. The Balaban J connectivity index is 1.69. The van der Waals surface area contributed by atoms with Gasteiger partial charge in [0.05, 0.1) is 0 Å². The smallest absolute Gasteiger partial charge is 0.0144 e. The predicted octanol–water partition coefficient (Wildman–Crippen LogP) is 4.04. The third-order valence-electron chi connectivity index (χ3n) is 4.27. The van der Waals surface area contributed by atoms with Crippen LogP contribution in [0, 0.1) is 5.92 Å².